The molecule has 0 spiro atoms. The summed E-state index contributed by atoms with van der Waals surface area (Å²) in [7, 11) is 1.47. The fourth-order valence-corrected chi connectivity index (χ4v) is 1.58. The molecule has 0 heterocycles. The van der Waals surface area contributed by atoms with Crippen LogP contribution in [0.3, 0.4) is 0 Å². The van der Waals surface area contributed by atoms with E-state index in [-0.39, 0.29) is 24.5 Å². The van der Waals surface area contributed by atoms with Crippen molar-refractivity contribution < 1.29 is 28.9 Å². The van der Waals surface area contributed by atoms with Gasteiger partial charge < -0.3 is 19.3 Å². The maximum atomic E-state index is 11.2. The number of hydrogen-bond donors (Lipinski definition) is 1. The highest BCUT2D eigenvalue weighted by Crippen LogP contribution is 2.31. The quantitative estimate of drug-likeness (QED) is 0.790. The lowest BCUT2D eigenvalue weighted by atomic mass is 10.1. The van der Waals surface area contributed by atoms with Crippen molar-refractivity contribution in [1.29, 1.82) is 0 Å². The molecule has 0 aromatic heterocycles. The maximum absolute atomic E-state index is 11.2. The van der Waals surface area contributed by atoms with Crippen molar-refractivity contribution in [3.8, 4) is 11.5 Å². The second-order valence-corrected chi connectivity index (χ2v) is 3.67. The van der Waals surface area contributed by atoms with Gasteiger partial charge in [-0.15, -0.1) is 0 Å². The molecular formula is C13H16O6. The molecule has 19 heavy (non-hydrogen) atoms. The van der Waals surface area contributed by atoms with Gasteiger partial charge in [0.1, 0.15) is 17.1 Å². The summed E-state index contributed by atoms with van der Waals surface area (Å²) in [6, 6.07) is 2.91. The first-order valence-electron chi connectivity index (χ1n) is 5.70. The first-order chi connectivity index (χ1) is 9.01. The molecule has 0 radical (unpaired) electrons. The number of esters is 1. The highest BCUT2D eigenvalue weighted by molar-refractivity contribution is 5.92. The number of carbonyl (C=O) groups is 2. The Balaban J connectivity index is 3.01. The molecule has 0 saturated heterocycles. The van der Waals surface area contributed by atoms with Crippen LogP contribution in [0.4, 0.5) is 0 Å². The Morgan fingerprint density at radius 3 is 2.53 bits per heavy atom. The zero-order valence-electron chi connectivity index (χ0n) is 11.1. The zero-order chi connectivity index (χ0) is 14.4. The Kier molecular flexibility index (Phi) is 5.17. The van der Waals surface area contributed by atoms with Crippen LogP contribution in [-0.4, -0.2) is 37.4 Å². The van der Waals surface area contributed by atoms with E-state index in [4.69, 9.17) is 19.3 Å². The summed E-state index contributed by atoms with van der Waals surface area (Å²) >= 11 is 0. The molecule has 0 aliphatic carbocycles. The average molecular weight is 268 g/mol. The van der Waals surface area contributed by atoms with Crippen molar-refractivity contribution in [3.05, 3.63) is 23.3 Å². The van der Waals surface area contributed by atoms with Crippen LogP contribution < -0.4 is 9.47 Å². The lowest BCUT2D eigenvalue weighted by Gasteiger charge is -2.14. The molecule has 0 unspecified atom stereocenters. The van der Waals surface area contributed by atoms with Gasteiger partial charge in [0, 0.05) is 5.56 Å². The standard InChI is InChI=1S/C13H16O6/c1-4-18-11(14)7-19-12-8(2)10(17-3)6-5-9(12)13(15)16/h5-6H,4,7H2,1-3H3,(H,15,16). The van der Waals surface area contributed by atoms with E-state index < -0.39 is 11.9 Å². The largest absolute Gasteiger partial charge is 0.496 e. The number of methoxy groups -OCH3 is 1. The number of carboxylic acids is 1. The Morgan fingerprint density at radius 2 is 2.00 bits per heavy atom. The fourth-order valence-electron chi connectivity index (χ4n) is 1.58. The van der Waals surface area contributed by atoms with Crippen LogP contribution in [0.2, 0.25) is 0 Å². The second-order valence-electron chi connectivity index (χ2n) is 3.67. The van der Waals surface area contributed by atoms with Crippen LogP contribution in [0.1, 0.15) is 22.8 Å². The van der Waals surface area contributed by atoms with Gasteiger partial charge >= 0.3 is 11.9 Å². The predicted molar refractivity (Wildman–Crippen MR) is 66.8 cm³/mol. The van der Waals surface area contributed by atoms with E-state index in [1.165, 1.54) is 19.2 Å². The van der Waals surface area contributed by atoms with Gasteiger partial charge in [-0.05, 0) is 26.0 Å². The van der Waals surface area contributed by atoms with Gasteiger partial charge in [0.2, 0.25) is 0 Å². The predicted octanol–water partition coefficient (Wildman–Crippen LogP) is 1.64. The molecule has 6 nitrogen and oxygen atoms in total. The summed E-state index contributed by atoms with van der Waals surface area (Å²) in [5.74, 6) is -1.09. The summed E-state index contributed by atoms with van der Waals surface area (Å²) in [4.78, 5) is 22.3. The Bertz CT molecular complexity index is 480. The number of carbonyl (C=O) groups excluding carboxylic acids is 1. The third-order valence-corrected chi connectivity index (χ3v) is 2.45. The van der Waals surface area contributed by atoms with Gasteiger partial charge in [-0.3, -0.25) is 0 Å². The van der Waals surface area contributed by atoms with Crippen molar-refractivity contribution in [1.82, 2.24) is 0 Å². The highest BCUT2D eigenvalue weighted by atomic mass is 16.6. The van der Waals surface area contributed by atoms with E-state index >= 15 is 0 Å². The minimum absolute atomic E-state index is 0.0254. The van der Waals surface area contributed by atoms with Crippen LogP contribution in [0.5, 0.6) is 11.5 Å². The Hall–Kier alpha value is -2.24. The van der Waals surface area contributed by atoms with Crippen molar-refractivity contribution in [2.45, 2.75) is 13.8 Å². The number of aromatic carboxylic acids is 1. The first-order valence-corrected chi connectivity index (χ1v) is 5.70. The minimum atomic E-state index is -1.13. The Morgan fingerprint density at radius 1 is 1.32 bits per heavy atom. The number of hydrogen-bond acceptors (Lipinski definition) is 5. The van der Waals surface area contributed by atoms with Gasteiger partial charge in [-0.2, -0.15) is 0 Å². The summed E-state index contributed by atoms with van der Waals surface area (Å²) in [5.41, 5.74) is 0.495. The van der Waals surface area contributed by atoms with Crippen LogP contribution >= 0.6 is 0 Å². The van der Waals surface area contributed by atoms with Crippen LogP contribution in [-0.2, 0) is 9.53 Å². The zero-order valence-corrected chi connectivity index (χ0v) is 11.1. The third-order valence-electron chi connectivity index (χ3n) is 2.45. The summed E-state index contributed by atoms with van der Waals surface area (Å²) in [5, 5.41) is 9.09. The second kappa shape index (κ2) is 6.63. The molecule has 6 heteroatoms. The van der Waals surface area contributed by atoms with E-state index in [1.807, 2.05) is 0 Å². The van der Waals surface area contributed by atoms with Crippen molar-refractivity contribution in [2.24, 2.45) is 0 Å². The molecule has 0 fully saturated rings. The molecule has 0 amide bonds. The first kappa shape index (κ1) is 14.8. The molecule has 0 bridgehead atoms. The van der Waals surface area contributed by atoms with Crippen LogP contribution in [0, 0.1) is 6.92 Å². The maximum Gasteiger partial charge on any atom is 0.344 e. The van der Waals surface area contributed by atoms with Gasteiger partial charge in [-0.1, -0.05) is 0 Å². The molecule has 0 aliphatic heterocycles. The van der Waals surface area contributed by atoms with Crippen molar-refractivity contribution in [3.63, 3.8) is 0 Å². The van der Waals surface area contributed by atoms with Crippen LogP contribution in [0.15, 0.2) is 12.1 Å². The van der Waals surface area contributed by atoms with Crippen molar-refractivity contribution in [2.75, 3.05) is 20.3 Å². The lowest BCUT2D eigenvalue weighted by molar-refractivity contribution is -0.145. The molecule has 0 saturated carbocycles. The van der Waals surface area contributed by atoms with Gasteiger partial charge in [0.25, 0.3) is 0 Å². The molecular weight excluding hydrogens is 252 g/mol. The molecule has 0 atom stereocenters. The SMILES string of the molecule is CCOC(=O)COc1c(C(=O)O)ccc(OC)c1C. The monoisotopic (exact) mass is 268 g/mol. The van der Waals surface area contributed by atoms with Gasteiger partial charge in [0.15, 0.2) is 6.61 Å². The van der Waals surface area contributed by atoms with Crippen molar-refractivity contribution >= 4 is 11.9 Å². The van der Waals surface area contributed by atoms with E-state index in [0.29, 0.717) is 11.3 Å². The molecule has 1 N–H and O–H groups in total. The number of ether oxygens (including phenoxy) is 3. The molecule has 0 aliphatic rings. The minimum Gasteiger partial charge on any atom is -0.496 e. The summed E-state index contributed by atoms with van der Waals surface area (Å²) in [6.07, 6.45) is 0. The Labute approximate surface area is 110 Å². The smallest absolute Gasteiger partial charge is 0.344 e. The average Bonchev–Trinajstić information content (AvgIpc) is 2.37. The van der Waals surface area contributed by atoms with Gasteiger partial charge in [-0.25, -0.2) is 9.59 Å². The van der Waals surface area contributed by atoms with E-state index in [0.717, 1.165) is 0 Å². The number of benzene rings is 1. The summed E-state index contributed by atoms with van der Waals surface area (Å²) in [6.45, 7) is 3.23. The molecule has 1 aromatic carbocycles. The molecule has 1 rings (SSSR count). The number of rotatable bonds is 6. The lowest BCUT2D eigenvalue weighted by Crippen LogP contribution is -2.16. The van der Waals surface area contributed by atoms with E-state index in [2.05, 4.69) is 0 Å². The molecule has 104 valence electrons. The fraction of sp³-hybridized carbons (Fsp3) is 0.385. The summed E-state index contributed by atoms with van der Waals surface area (Å²) < 4.78 is 15.1. The third kappa shape index (κ3) is 3.61. The van der Waals surface area contributed by atoms with Gasteiger partial charge in [0.05, 0.1) is 13.7 Å². The normalized spacial score (nSPS) is 9.84. The van der Waals surface area contributed by atoms with E-state index in [1.54, 1.807) is 13.8 Å². The van der Waals surface area contributed by atoms with Crippen LogP contribution in [0.25, 0.3) is 0 Å². The number of carboxylic acid groups (broad SMARTS) is 1. The molecule has 1 aromatic rings. The van der Waals surface area contributed by atoms with E-state index in [9.17, 15) is 9.59 Å². The topological polar surface area (TPSA) is 82.1 Å². The highest BCUT2D eigenvalue weighted by Gasteiger charge is 2.18.